The first-order valence-corrected chi connectivity index (χ1v) is 5.06. The van der Waals surface area contributed by atoms with E-state index in [1.165, 1.54) is 0 Å². The predicted molar refractivity (Wildman–Crippen MR) is 55.6 cm³/mol. The zero-order chi connectivity index (χ0) is 12.1. The Labute approximate surface area is 92.9 Å². The summed E-state index contributed by atoms with van der Waals surface area (Å²) in [6.45, 7) is 2.66. The van der Waals surface area contributed by atoms with Crippen molar-refractivity contribution in [3.8, 4) is 0 Å². The summed E-state index contributed by atoms with van der Waals surface area (Å²) in [5, 5.41) is 11.8. The highest BCUT2D eigenvalue weighted by Gasteiger charge is 2.35. The molecule has 0 radical (unpaired) electrons. The Morgan fingerprint density at radius 1 is 1.44 bits per heavy atom. The van der Waals surface area contributed by atoms with Gasteiger partial charge in [-0.1, -0.05) is 6.92 Å². The highest BCUT2D eigenvalue weighted by atomic mass is 16.4. The van der Waals surface area contributed by atoms with Gasteiger partial charge >= 0.3 is 5.97 Å². The minimum Gasteiger partial charge on any atom is -0.480 e. The van der Waals surface area contributed by atoms with Crippen LogP contribution in [0, 0.1) is 0 Å². The average molecular weight is 226 g/mol. The first kappa shape index (κ1) is 12.4. The quantitative estimate of drug-likeness (QED) is 0.465. The van der Waals surface area contributed by atoms with Crippen LogP contribution in [-0.4, -0.2) is 46.9 Å². The van der Waals surface area contributed by atoms with Gasteiger partial charge in [0.15, 0.2) is 0 Å². The Morgan fingerprint density at radius 3 is 2.44 bits per heavy atom. The van der Waals surface area contributed by atoms with E-state index >= 15 is 0 Å². The van der Waals surface area contributed by atoms with E-state index in [2.05, 4.69) is 5.32 Å². The van der Waals surface area contributed by atoms with Gasteiger partial charge in [0.2, 0.25) is 0 Å². The molecule has 0 aromatic rings. The number of nitrogens with one attached hydrogen (secondary N) is 1. The minimum absolute atomic E-state index is 0.0718. The molecule has 6 nitrogen and oxygen atoms in total. The first-order valence-electron chi connectivity index (χ1n) is 5.06. The molecule has 1 heterocycles. The Bertz CT molecular complexity index is 320. The van der Waals surface area contributed by atoms with E-state index in [-0.39, 0.29) is 6.54 Å². The second-order valence-corrected chi connectivity index (χ2v) is 3.44. The van der Waals surface area contributed by atoms with E-state index < -0.39 is 23.8 Å². The van der Waals surface area contributed by atoms with Crippen molar-refractivity contribution in [1.29, 1.82) is 0 Å². The van der Waals surface area contributed by atoms with Crippen molar-refractivity contribution in [2.45, 2.75) is 19.4 Å². The van der Waals surface area contributed by atoms with Crippen molar-refractivity contribution in [3.63, 3.8) is 0 Å². The van der Waals surface area contributed by atoms with Gasteiger partial charge in [-0.15, -0.1) is 0 Å². The van der Waals surface area contributed by atoms with E-state index in [4.69, 9.17) is 5.11 Å². The van der Waals surface area contributed by atoms with Gasteiger partial charge in [-0.2, -0.15) is 0 Å². The fourth-order valence-corrected chi connectivity index (χ4v) is 1.42. The standard InChI is InChI=1S/C10H14N2O4/c1-2-5-11-6-7(10(15)16)12-8(13)3-4-9(12)14/h3-4,7,11H,2,5-6H2,1H3,(H,15,16). The van der Waals surface area contributed by atoms with Crippen LogP contribution in [0.1, 0.15) is 13.3 Å². The number of carboxylic acid groups (broad SMARTS) is 1. The zero-order valence-corrected chi connectivity index (χ0v) is 8.97. The molecule has 0 aromatic heterocycles. The summed E-state index contributed by atoms with van der Waals surface area (Å²) in [5.74, 6) is -2.33. The molecule has 1 unspecified atom stereocenters. The molecule has 88 valence electrons. The third-order valence-electron chi connectivity index (χ3n) is 2.20. The summed E-state index contributed by atoms with van der Waals surface area (Å²) in [6.07, 6.45) is 3.02. The van der Waals surface area contributed by atoms with Gasteiger partial charge in [0.05, 0.1) is 0 Å². The molecule has 0 aliphatic carbocycles. The third kappa shape index (κ3) is 2.66. The van der Waals surface area contributed by atoms with E-state index in [0.29, 0.717) is 6.54 Å². The van der Waals surface area contributed by atoms with Gasteiger partial charge in [-0.25, -0.2) is 4.79 Å². The maximum absolute atomic E-state index is 11.3. The van der Waals surface area contributed by atoms with Crippen LogP contribution in [0.3, 0.4) is 0 Å². The Hall–Kier alpha value is -1.69. The molecular formula is C10H14N2O4. The molecule has 1 aliphatic rings. The van der Waals surface area contributed by atoms with Gasteiger partial charge in [0.25, 0.3) is 11.8 Å². The molecule has 0 saturated carbocycles. The van der Waals surface area contributed by atoms with Crippen LogP contribution in [0.25, 0.3) is 0 Å². The number of aliphatic carboxylic acids is 1. The SMILES string of the molecule is CCCNCC(C(=O)O)N1C(=O)C=CC1=O. The maximum atomic E-state index is 11.3. The molecule has 0 saturated heterocycles. The van der Waals surface area contributed by atoms with Crippen LogP contribution in [-0.2, 0) is 14.4 Å². The van der Waals surface area contributed by atoms with Gasteiger partial charge in [-0.05, 0) is 13.0 Å². The van der Waals surface area contributed by atoms with Gasteiger partial charge in [-0.3, -0.25) is 14.5 Å². The second-order valence-electron chi connectivity index (χ2n) is 3.44. The summed E-state index contributed by atoms with van der Waals surface area (Å²) >= 11 is 0. The van der Waals surface area contributed by atoms with Crippen LogP contribution in [0.4, 0.5) is 0 Å². The number of carbonyl (C=O) groups excluding carboxylic acids is 2. The summed E-state index contributed by atoms with van der Waals surface area (Å²) in [6, 6.07) is -1.14. The number of amides is 2. The van der Waals surface area contributed by atoms with Gasteiger partial charge in [0.1, 0.15) is 6.04 Å². The van der Waals surface area contributed by atoms with Crippen LogP contribution in [0.15, 0.2) is 12.2 Å². The molecule has 0 bridgehead atoms. The molecule has 1 aliphatic heterocycles. The van der Waals surface area contributed by atoms with Crippen LogP contribution in [0.5, 0.6) is 0 Å². The number of rotatable bonds is 6. The fourth-order valence-electron chi connectivity index (χ4n) is 1.42. The van der Waals surface area contributed by atoms with Crippen molar-refractivity contribution in [2.75, 3.05) is 13.1 Å². The highest BCUT2D eigenvalue weighted by molar-refractivity contribution is 6.14. The normalized spacial score (nSPS) is 16.9. The number of nitrogens with zero attached hydrogens (tertiary/aromatic N) is 1. The predicted octanol–water partition coefficient (Wildman–Crippen LogP) is -0.636. The molecule has 0 fully saturated rings. The number of hydrogen-bond acceptors (Lipinski definition) is 4. The van der Waals surface area contributed by atoms with Crippen LogP contribution < -0.4 is 5.32 Å². The molecule has 1 rings (SSSR count). The molecule has 2 N–H and O–H groups in total. The topological polar surface area (TPSA) is 86.7 Å². The van der Waals surface area contributed by atoms with E-state index in [0.717, 1.165) is 23.5 Å². The summed E-state index contributed by atoms with van der Waals surface area (Å²) < 4.78 is 0. The van der Waals surface area contributed by atoms with Crippen molar-refractivity contribution < 1.29 is 19.5 Å². The number of carbonyl (C=O) groups is 3. The number of carboxylic acids is 1. The lowest BCUT2D eigenvalue weighted by molar-refractivity contribution is -0.153. The molecule has 6 heteroatoms. The van der Waals surface area contributed by atoms with Gasteiger partial charge in [0, 0.05) is 18.7 Å². The molecule has 2 amide bonds. The third-order valence-corrected chi connectivity index (χ3v) is 2.20. The lowest BCUT2D eigenvalue weighted by Crippen LogP contribution is -2.50. The summed E-state index contributed by atoms with van der Waals surface area (Å²) in [5.41, 5.74) is 0. The van der Waals surface area contributed by atoms with E-state index in [9.17, 15) is 14.4 Å². The van der Waals surface area contributed by atoms with Crippen molar-refractivity contribution in [2.24, 2.45) is 0 Å². The average Bonchev–Trinajstić information content (AvgIpc) is 2.54. The van der Waals surface area contributed by atoms with E-state index in [1.807, 2.05) is 6.92 Å². The number of imide groups is 1. The fraction of sp³-hybridized carbons (Fsp3) is 0.500. The molecule has 0 aromatic carbocycles. The van der Waals surface area contributed by atoms with Crippen molar-refractivity contribution in [1.82, 2.24) is 10.2 Å². The van der Waals surface area contributed by atoms with Crippen LogP contribution >= 0.6 is 0 Å². The summed E-state index contributed by atoms with van der Waals surface area (Å²) in [4.78, 5) is 34.3. The van der Waals surface area contributed by atoms with Crippen LogP contribution in [0.2, 0.25) is 0 Å². The number of hydrogen-bond donors (Lipinski definition) is 2. The highest BCUT2D eigenvalue weighted by Crippen LogP contribution is 2.09. The zero-order valence-electron chi connectivity index (χ0n) is 8.97. The van der Waals surface area contributed by atoms with Gasteiger partial charge < -0.3 is 10.4 Å². The molecule has 16 heavy (non-hydrogen) atoms. The van der Waals surface area contributed by atoms with E-state index in [1.54, 1.807) is 0 Å². The molecular weight excluding hydrogens is 212 g/mol. The largest absolute Gasteiger partial charge is 0.480 e. The monoisotopic (exact) mass is 226 g/mol. The lowest BCUT2D eigenvalue weighted by Gasteiger charge is -2.22. The summed E-state index contributed by atoms with van der Waals surface area (Å²) in [7, 11) is 0. The molecule has 1 atom stereocenters. The smallest absolute Gasteiger partial charge is 0.328 e. The lowest BCUT2D eigenvalue weighted by atomic mass is 10.2. The maximum Gasteiger partial charge on any atom is 0.328 e. The minimum atomic E-state index is -1.19. The van der Waals surface area contributed by atoms with Crippen molar-refractivity contribution in [3.05, 3.63) is 12.2 Å². The Kier molecular flexibility index (Phi) is 4.19. The first-order chi connectivity index (χ1) is 7.57. The van der Waals surface area contributed by atoms with Crippen molar-refractivity contribution >= 4 is 17.8 Å². The second kappa shape index (κ2) is 5.41. The Balaban J connectivity index is 2.67. The Morgan fingerprint density at radius 2 is 2.00 bits per heavy atom. The molecule has 0 spiro atoms.